The number of carboxylic acid groups (broad SMARTS) is 1. The monoisotopic (exact) mass is 214 g/mol. The fourth-order valence-corrected chi connectivity index (χ4v) is 1.06. The lowest BCUT2D eigenvalue weighted by atomic mass is 10.0. The lowest BCUT2D eigenvalue weighted by molar-refractivity contribution is -0.162. The van der Waals surface area contributed by atoms with Crippen molar-refractivity contribution in [3.63, 3.8) is 0 Å². The maximum Gasteiger partial charge on any atom is 0.310 e. The number of hydrogen-bond donors (Lipinski definition) is 1. The molecule has 0 saturated carbocycles. The number of esters is 1. The molecule has 0 spiro atoms. The number of ether oxygens (including phenoxy) is 1. The summed E-state index contributed by atoms with van der Waals surface area (Å²) in [5.41, 5.74) is -0.588. The van der Waals surface area contributed by atoms with E-state index in [0.717, 1.165) is 0 Å². The molecular weight excluding hydrogens is 196 g/mol. The quantitative estimate of drug-likeness (QED) is 0.561. The third-order valence-electron chi connectivity index (χ3n) is 1.61. The van der Waals surface area contributed by atoms with Crippen molar-refractivity contribution in [1.29, 1.82) is 0 Å². The summed E-state index contributed by atoms with van der Waals surface area (Å²) in [6.45, 7) is 8.73. The van der Waals surface area contributed by atoms with Crippen LogP contribution in [0.1, 0.15) is 33.6 Å². The molecule has 0 heterocycles. The molecule has 4 nitrogen and oxygen atoms in total. The standard InChI is InChI=1S/C11H18O4/c1-5-6-8(7-9(12)13)10(14)15-11(2,3)4/h5,8H,1,6-7H2,2-4H3,(H,12,13)/t8-/m1/s1. The third kappa shape index (κ3) is 6.71. The second-order valence-corrected chi connectivity index (χ2v) is 4.35. The molecule has 0 amide bonds. The Labute approximate surface area is 89.9 Å². The largest absolute Gasteiger partial charge is 0.481 e. The molecule has 0 aliphatic rings. The Balaban J connectivity index is 4.41. The van der Waals surface area contributed by atoms with E-state index in [-0.39, 0.29) is 6.42 Å². The van der Waals surface area contributed by atoms with Crippen LogP contribution in [0.15, 0.2) is 12.7 Å². The number of rotatable bonds is 5. The Morgan fingerprint density at radius 3 is 2.33 bits per heavy atom. The summed E-state index contributed by atoms with van der Waals surface area (Å²) in [4.78, 5) is 22.1. The zero-order valence-electron chi connectivity index (χ0n) is 9.45. The van der Waals surface area contributed by atoms with Crippen molar-refractivity contribution < 1.29 is 19.4 Å². The van der Waals surface area contributed by atoms with Crippen LogP contribution >= 0.6 is 0 Å². The number of hydrogen-bond acceptors (Lipinski definition) is 3. The van der Waals surface area contributed by atoms with Gasteiger partial charge in [0, 0.05) is 0 Å². The van der Waals surface area contributed by atoms with Crippen molar-refractivity contribution in [3.05, 3.63) is 12.7 Å². The van der Waals surface area contributed by atoms with Crippen molar-refractivity contribution >= 4 is 11.9 Å². The number of allylic oxidation sites excluding steroid dienone is 1. The van der Waals surface area contributed by atoms with Crippen molar-refractivity contribution in [3.8, 4) is 0 Å². The first-order chi connectivity index (χ1) is 6.76. The average Bonchev–Trinajstić information content (AvgIpc) is 1.99. The molecule has 0 fully saturated rings. The minimum atomic E-state index is -1.01. The maximum atomic E-state index is 11.6. The van der Waals surface area contributed by atoms with Gasteiger partial charge in [0.1, 0.15) is 5.60 Å². The number of carboxylic acids is 1. The van der Waals surface area contributed by atoms with E-state index in [9.17, 15) is 9.59 Å². The highest BCUT2D eigenvalue weighted by Crippen LogP contribution is 2.16. The van der Waals surface area contributed by atoms with Crippen molar-refractivity contribution in [1.82, 2.24) is 0 Å². The van der Waals surface area contributed by atoms with E-state index >= 15 is 0 Å². The van der Waals surface area contributed by atoms with Gasteiger partial charge in [-0.05, 0) is 27.2 Å². The van der Waals surface area contributed by atoms with E-state index in [1.165, 1.54) is 6.08 Å². The minimum absolute atomic E-state index is 0.221. The second-order valence-electron chi connectivity index (χ2n) is 4.35. The van der Waals surface area contributed by atoms with E-state index in [1.54, 1.807) is 20.8 Å². The average molecular weight is 214 g/mol. The van der Waals surface area contributed by atoms with Crippen LogP contribution in [-0.4, -0.2) is 22.6 Å². The van der Waals surface area contributed by atoms with E-state index in [2.05, 4.69) is 6.58 Å². The topological polar surface area (TPSA) is 63.6 Å². The Morgan fingerprint density at radius 2 is 2.00 bits per heavy atom. The molecular formula is C11H18O4. The van der Waals surface area contributed by atoms with Crippen LogP contribution in [0.25, 0.3) is 0 Å². The van der Waals surface area contributed by atoms with Gasteiger partial charge in [-0.3, -0.25) is 9.59 Å². The van der Waals surface area contributed by atoms with E-state index in [0.29, 0.717) is 6.42 Å². The molecule has 0 radical (unpaired) electrons. The van der Waals surface area contributed by atoms with Gasteiger partial charge in [0.05, 0.1) is 12.3 Å². The molecule has 0 aromatic heterocycles. The lowest BCUT2D eigenvalue weighted by Crippen LogP contribution is -2.29. The highest BCUT2D eigenvalue weighted by atomic mass is 16.6. The Kier molecular flexibility index (Phi) is 5.05. The van der Waals surface area contributed by atoms with Gasteiger partial charge in [0.15, 0.2) is 0 Å². The van der Waals surface area contributed by atoms with Crippen LogP contribution < -0.4 is 0 Å². The predicted molar refractivity (Wildman–Crippen MR) is 56.4 cm³/mol. The van der Waals surface area contributed by atoms with Gasteiger partial charge in [-0.1, -0.05) is 6.08 Å². The van der Waals surface area contributed by atoms with Gasteiger partial charge in [-0.15, -0.1) is 6.58 Å². The minimum Gasteiger partial charge on any atom is -0.481 e. The van der Waals surface area contributed by atoms with Crippen LogP contribution in [0.4, 0.5) is 0 Å². The number of aliphatic carboxylic acids is 1. The van der Waals surface area contributed by atoms with Crippen LogP contribution in [-0.2, 0) is 14.3 Å². The molecule has 1 N–H and O–H groups in total. The van der Waals surface area contributed by atoms with Crippen LogP contribution in [0.5, 0.6) is 0 Å². The Morgan fingerprint density at radius 1 is 1.47 bits per heavy atom. The zero-order valence-corrected chi connectivity index (χ0v) is 9.45. The second kappa shape index (κ2) is 5.53. The molecule has 15 heavy (non-hydrogen) atoms. The van der Waals surface area contributed by atoms with Crippen molar-refractivity contribution in [2.75, 3.05) is 0 Å². The maximum absolute atomic E-state index is 11.6. The third-order valence-corrected chi connectivity index (χ3v) is 1.61. The van der Waals surface area contributed by atoms with Gasteiger partial charge >= 0.3 is 11.9 Å². The Bertz CT molecular complexity index is 250. The smallest absolute Gasteiger partial charge is 0.310 e. The summed E-state index contributed by atoms with van der Waals surface area (Å²) in [5, 5.41) is 8.62. The molecule has 0 unspecified atom stereocenters. The summed E-state index contributed by atoms with van der Waals surface area (Å²) in [6.07, 6.45) is 1.62. The summed E-state index contributed by atoms with van der Waals surface area (Å²) in [5.74, 6) is -2.13. The fraction of sp³-hybridized carbons (Fsp3) is 0.636. The first-order valence-electron chi connectivity index (χ1n) is 4.82. The van der Waals surface area contributed by atoms with Gasteiger partial charge in [-0.25, -0.2) is 0 Å². The van der Waals surface area contributed by atoms with Crippen molar-refractivity contribution in [2.45, 2.75) is 39.2 Å². The highest BCUT2D eigenvalue weighted by Gasteiger charge is 2.26. The predicted octanol–water partition coefficient (Wildman–Crippen LogP) is 2.00. The molecule has 0 aliphatic carbocycles. The van der Waals surface area contributed by atoms with Crippen LogP contribution in [0.2, 0.25) is 0 Å². The summed E-state index contributed by atoms with van der Waals surface area (Å²) >= 11 is 0. The first-order valence-corrected chi connectivity index (χ1v) is 4.82. The van der Waals surface area contributed by atoms with E-state index in [4.69, 9.17) is 9.84 Å². The van der Waals surface area contributed by atoms with Gasteiger partial charge in [-0.2, -0.15) is 0 Å². The highest BCUT2D eigenvalue weighted by molar-refractivity contribution is 5.79. The molecule has 0 aromatic rings. The number of carbonyl (C=O) groups is 2. The molecule has 0 rings (SSSR count). The van der Waals surface area contributed by atoms with Crippen LogP contribution in [0.3, 0.4) is 0 Å². The molecule has 4 heteroatoms. The van der Waals surface area contributed by atoms with E-state index in [1.807, 2.05) is 0 Å². The van der Waals surface area contributed by atoms with Gasteiger partial charge in [0.25, 0.3) is 0 Å². The van der Waals surface area contributed by atoms with Crippen molar-refractivity contribution in [2.24, 2.45) is 5.92 Å². The molecule has 0 aliphatic heterocycles. The zero-order chi connectivity index (χ0) is 12.1. The SMILES string of the molecule is C=CC[C@H](CC(=O)O)C(=O)OC(C)(C)C. The molecule has 0 bridgehead atoms. The molecule has 0 saturated heterocycles. The molecule has 0 aromatic carbocycles. The summed E-state index contributed by atoms with van der Waals surface area (Å²) in [7, 11) is 0. The molecule has 1 atom stereocenters. The first kappa shape index (κ1) is 13.7. The van der Waals surface area contributed by atoms with Gasteiger partial charge < -0.3 is 9.84 Å². The normalized spacial score (nSPS) is 13.0. The summed E-state index contributed by atoms with van der Waals surface area (Å²) in [6, 6.07) is 0. The Hall–Kier alpha value is -1.32. The van der Waals surface area contributed by atoms with Gasteiger partial charge in [0.2, 0.25) is 0 Å². The lowest BCUT2D eigenvalue weighted by Gasteiger charge is -2.22. The van der Waals surface area contributed by atoms with E-state index < -0.39 is 23.5 Å². The fourth-order valence-electron chi connectivity index (χ4n) is 1.06. The summed E-state index contributed by atoms with van der Waals surface area (Å²) < 4.78 is 5.10. The number of carbonyl (C=O) groups excluding carboxylic acids is 1. The molecule has 86 valence electrons. The van der Waals surface area contributed by atoms with Crippen LogP contribution in [0, 0.1) is 5.92 Å².